The molecule has 0 bridgehead atoms. The molecule has 0 spiro atoms. The molecule has 2 unspecified atom stereocenters. The maximum absolute atomic E-state index is 13.8. The molecule has 0 fully saturated rings. The zero-order chi connectivity index (χ0) is 51.6. The lowest BCUT2D eigenvalue weighted by Gasteiger charge is -2.34. The van der Waals surface area contributed by atoms with Crippen LogP contribution in [0.4, 0.5) is 8.78 Å². The number of para-hydroxylation sites is 2. The first-order valence-electron chi connectivity index (χ1n) is 22.5. The molecule has 0 saturated heterocycles. The van der Waals surface area contributed by atoms with E-state index in [2.05, 4.69) is 20.3 Å². The van der Waals surface area contributed by atoms with Gasteiger partial charge in [-0.05, 0) is 80.2 Å². The number of hydrogen-bond acceptors (Lipinski definition) is 15. The Morgan fingerprint density at radius 2 is 1.00 bits per heavy atom. The highest BCUT2D eigenvalue weighted by Gasteiger charge is 2.41. The van der Waals surface area contributed by atoms with Crippen LogP contribution in [-0.2, 0) is 17.4 Å². The number of halogens is 2. The highest BCUT2D eigenvalue weighted by atomic mass is 31.2. The summed E-state index contributed by atoms with van der Waals surface area (Å²) in [5, 5.41) is 12.3. The average Bonchev–Trinajstić information content (AvgIpc) is 4.03. The molecule has 8 heterocycles. The Kier molecular flexibility index (Phi) is 15.6. The lowest BCUT2D eigenvalue weighted by molar-refractivity contribution is -0.693. The summed E-state index contributed by atoms with van der Waals surface area (Å²) in [6, 6.07) is 35.0. The van der Waals surface area contributed by atoms with Gasteiger partial charge in [-0.25, -0.2) is 18.7 Å². The molecule has 0 radical (unpaired) electrons. The highest BCUT2D eigenvalue weighted by Crippen LogP contribution is 2.32. The number of benzene rings is 2. The molecule has 73 heavy (non-hydrogen) atoms. The molecule has 2 aromatic carbocycles. The predicted molar refractivity (Wildman–Crippen MR) is 263 cm³/mol. The van der Waals surface area contributed by atoms with Gasteiger partial charge in [-0.2, -0.15) is 0 Å². The lowest BCUT2D eigenvalue weighted by Crippen LogP contribution is -2.69. The van der Waals surface area contributed by atoms with Crippen molar-refractivity contribution in [2.75, 3.05) is 16.7 Å². The van der Waals surface area contributed by atoms with Crippen molar-refractivity contribution in [3.63, 3.8) is 0 Å². The van der Waals surface area contributed by atoms with Crippen LogP contribution in [0.1, 0.15) is 47.9 Å². The summed E-state index contributed by atoms with van der Waals surface area (Å²) in [4.78, 5) is 26.8. The molecular weight excluding hydrogens is 958 g/mol. The Labute approximate surface area is 419 Å². The quantitative estimate of drug-likeness (QED) is 0.0955. The second kappa shape index (κ2) is 22.3. The number of pyridine rings is 4. The van der Waals surface area contributed by atoms with E-state index in [0.717, 1.165) is 33.7 Å². The van der Waals surface area contributed by atoms with Gasteiger partial charge >= 0.3 is 0 Å². The summed E-state index contributed by atoms with van der Waals surface area (Å²) in [6.45, 7) is 4.47. The third-order valence-corrected chi connectivity index (χ3v) is 11.0. The summed E-state index contributed by atoms with van der Waals surface area (Å²) >= 11 is 0. The van der Waals surface area contributed by atoms with Crippen molar-refractivity contribution in [1.82, 2.24) is 20.3 Å². The largest absolute Gasteiger partial charge is 0.811 e. The molecular formula is C53H49F2N10O7P. The smallest absolute Gasteiger partial charge is 0.219 e. The predicted octanol–water partition coefficient (Wildman–Crippen LogP) is 6.74. The van der Waals surface area contributed by atoms with E-state index in [1.54, 1.807) is 60.9 Å². The fourth-order valence-electron chi connectivity index (χ4n) is 7.59. The van der Waals surface area contributed by atoms with Crippen molar-refractivity contribution >= 4 is 18.7 Å². The summed E-state index contributed by atoms with van der Waals surface area (Å²) < 4.78 is 62.8. The molecule has 8 aromatic rings. The van der Waals surface area contributed by atoms with E-state index in [1.807, 2.05) is 155 Å². The van der Waals surface area contributed by atoms with Gasteiger partial charge < -0.3 is 44.3 Å². The molecule has 0 aliphatic carbocycles. The van der Waals surface area contributed by atoms with Crippen LogP contribution < -0.4 is 50.1 Å². The van der Waals surface area contributed by atoms with Crippen molar-refractivity contribution in [1.29, 1.82) is 0 Å². The van der Waals surface area contributed by atoms with Crippen molar-refractivity contribution in [3.8, 4) is 23.3 Å². The van der Waals surface area contributed by atoms with E-state index in [4.69, 9.17) is 44.3 Å². The van der Waals surface area contributed by atoms with E-state index < -0.39 is 30.6 Å². The first kappa shape index (κ1) is 50.9. The molecule has 0 saturated carbocycles. The van der Waals surface area contributed by atoms with Crippen molar-refractivity contribution in [2.45, 2.75) is 38.0 Å². The minimum atomic E-state index is -4.14. The Morgan fingerprint density at radius 1 is 0.616 bits per heavy atom. The number of aromatic nitrogens is 6. The van der Waals surface area contributed by atoms with Crippen LogP contribution >= 0.6 is 7.60 Å². The molecule has 372 valence electrons. The van der Waals surface area contributed by atoms with Crippen LogP contribution in [0.25, 0.3) is 11.1 Å². The number of rotatable bonds is 12. The zero-order valence-electron chi connectivity index (χ0n) is 39.7. The summed E-state index contributed by atoms with van der Waals surface area (Å²) in [5.41, 5.74) is 16.7. The Hall–Kier alpha value is -8.45. The van der Waals surface area contributed by atoms with Gasteiger partial charge in [-0.15, -0.1) is 10.0 Å². The Balaban J connectivity index is 0.000000178. The molecule has 2 atom stereocenters. The lowest BCUT2D eigenvalue weighted by atomic mass is 9.96. The first-order chi connectivity index (χ1) is 35.0. The van der Waals surface area contributed by atoms with Gasteiger partial charge in [0.15, 0.2) is 70.8 Å². The second-order valence-electron chi connectivity index (χ2n) is 16.9. The fraction of sp³-hybridized carbons (Fsp3) is 0.132. The molecule has 2 aliphatic heterocycles. The SMILES string of the molecule is CC1(N)C(c2cc(Cc3ccc(Oc4ccccc4F)nc3)no2)=CC=CN1[n+]1ccccc1.CC1(N)C(c2cc(Cc3ccc(Oc4ccccc4F)nc3)no2)=CC=CN1[n+]1ccccc1.CP(=O)([O-])[O-]. The number of nitrogens with zero attached hydrogens (tertiary/aromatic N) is 8. The normalized spacial score (nSPS) is 17.1. The van der Waals surface area contributed by atoms with Crippen molar-refractivity contribution in [3.05, 3.63) is 241 Å². The third-order valence-electron chi connectivity index (χ3n) is 11.0. The Bertz CT molecular complexity index is 3090. The van der Waals surface area contributed by atoms with Gasteiger partial charge in [0.1, 0.15) is 0 Å². The minimum absolute atomic E-state index is 0.131. The van der Waals surface area contributed by atoms with Crippen molar-refractivity contribution in [2.24, 2.45) is 11.5 Å². The van der Waals surface area contributed by atoms with Crippen LogP contribution in [0.3, 0.4) is 0 Å². The number of ether oxygens (including phenoxy) is 2. The standard InChI is InChI=1S/2C26H23FN5O2.CH5O3P/c2*1-26(28)21(8-7-15-32(26)31-13-5-2-6-14-31)24-17-20(30-34-24)16-19-11-12-25(29-18-19)33-23-10-4-3-9-22(23)27;1-5(2,3)4/h2*2-15,17-18H,16,28H2,1H3;1H3,(H2,2,3,4)/q2*+1;/p-2. The molecule has 17 nitrogen and oxygen atoms in total. The Morgan fingerprint density at radius 3 is 1.36 bits per heavy atom. The monoisotopic (exact) mass is 1010 g/mol. The van der Waals surface area contributed by atoms with Crippen molar-refractivity contribution < 1.29 is 51.0 Å². The number of hydrogen-bond donors (Lipinski definition) is 2. The summed E-state index contributed by atoms with van der Waals surface area (Å²) in [6.07, 6.45) is 23.6. The number of allylic oxidation sites excluding steroid dienone is 4. The van der Waals surface area contributed by atoms with Gasteiger partial charge in [-0.1, -0.05) is 75.8 Å². The van der Waals surface area contributed by atoms with Crippen LogP contribution in [-0.4, -0.2) is 38.3 Å². The van der Waals surface area contributed by atoms with Gasteiger partial charge in [0.05, 0.1) is 23.8 Å². The van der Waals surface area contributed by atoms with Gasteiger partial charge in [0.2, 0.25) is 11.8 Å². The van der Waals surface area contributed by atoms with E-state index in [-0.39, 0.29) is 11.5 Å². The zero-order valence-corrected chi connectivity index (χ0v) is 40.6. The molecule has 2 aliphatic rings. The molecule has 4 N–H and O–H groups in total. The maximum atomic E-state index is 13.8. The molecule has 6 aromatic heterocycles. The average molecular weight is 1010 g/mol. The molecule has 10 rings (SSSR count). The molecule has 20 heteroatoms. The van der Waals surface area contributed by atoms with Gasteiger partial charge in [0.25, 0.3) is 0 Å². The van der Waals surface area contributed by atoms with E-state index in [1.165, 1.54) is 12.1 Å². The minimum Gasteiger partial charge on any atom is -0.811 e. The van der Waals surface area contributed by atoms with E-state index in [9.17, 15) is 8.78 Å². The highest BCUT2D eigenvalue weighted by molar-refractivity contribution is 7.47. The first-order valence-corrected chi connectivity index (χ1v) is 24.5. The fourth-order valence-corrected chi connectivity index (χ4v) is 7.59. The van der Waals surface area contributed by atoms with Gasteiger partial charge in [-0.3, -0.25) is 0 Å². The van der Waals surface area contributed by atoms with Crippen LogP contribution in [0.2, 0.25) is 0 Å². The van der Waals surface area contributed by atoms with Gasteiger partial charge in [0, 0.05) is 84.9 Å². The topological polar surface area (TPSA) is 226 Å². The summed E-state index contributed by atoms with van der Waals surface area (Å²) in [5.74, 6) is 1.20. The number of nitrogens with two attached hydrogens (primary N) is 2. The molecule has 0 amide bonds. The van der Waals surface area contributed by atoms with Crippen LogP contribution in [0, 0.1) is 11.6 Å². The van der Waals surface area contributed by atoms with E-state index in [0.29, 0.717) is 42.8 Å². The maximum Gasteiger partial charge on any atom is 0.219 e. The summed E-state index contributed by atoms with van der Waals surface area (Å²) in [7, 11) is -4.14. The third kappa shape index (κ3) is 13.1. The second-order valence-corrected chi connectivity index (χ2v) is 18.4. The van der Waals surface area contributed by atoms with Crippen LogP contribution in [0.5, 0.6) is 23.3 Å². The van der Waals surface area contributed by atoms with Crippen LogP contribution in [0.15, 0.2) is 204 Å². The van der Waals surface area contributed by atoms with E-state index >= 15 is 0 Å².